The molecule has 2 saturated heterocycles. The summed E-state index contributed by atoms with van der Waals surface area (Å²) in [7, 11) is 0. The van der Waals surface area contributed by atoms with Crippen molar-refractivity contribution in [2.24, 2.45) is 10.4 Å². The Morgan fingerprint density at radius 2 is 1.47 bits per heavy atom. The van der Waals surface area contributed by atoms with Gasteiger partial charge in [-0.1, -0.05) is 55.6 Å². The molecule has 34 heavy (non-hydrogen) atoms. The van der Waals surface area contributed by atoms with Crippen molar-refractivity contribution in [3.63, 3.8) is 0 Å². The summed E-state index contributed by atoms with van der Waals surface area (Å²) in [6.07, 6.45) is 9.65. The highest BCUT2D eigenvalue weighted by atomic mass is 32.1. The van der Waals surface area contributed by atoms with Crippen molar-refractivity contribution < 1.29 is 4.39 Å². The number of benzene rings is 2. The summed E-state index contributed by atoms with van der Waals surface area (Å²) in [6, 6.07) is 11.4. The molecular formula is C29H36FN3S. The van der Waals surface area contributed by atoms with Gasteiger partial charge in [0.05, 0.1) is 16.7 Å². The van der Waals surface area contributed by atoms with Gasteiger partial charge in [0, 0.05) is 11.1 Å². The van der Waals surface area contributed by atoms with E-state index >= 15 is 0 Å². The second kappa shape index (κ2) is 9.50. The largest absolute Gasteiger partial charge is 0.293 e. The number of nitrogens with zero attached hydrogens (tertiary/aromatic N) is 3. The van der Waals surface area contributed by atoms with E-state index in [1.807, 2.05) is 12.1 Å². The molecule has 3 nitrogen and oxygen atoms in total. The molecule has 1 aliphatic carbocycles. The van der Waals surface area contributed by atoms with Gasteiger partial charge in [-0.15, -0.1) is 0 Å². The SMILES string of the molecule is Cc1cc(C)c(N=C2[C@H](N3CCCCC3)C3(CCCCC3)C(=S)N2c2ccc(F)cc2)c(C)c1. The van der Waals surface area contributed by atoms with Gasteiger partial charge in [0.25, 0.3) is 0 Å². The Morgan fingerprint density at radius 3 is 2.09 bits per heavy atom. The van der Waals surface area contributed by atoms with Crippen LogP contribution in [-0.4, -0.2) is 34.9 Å². The van der Waals surface area contributed by atoms with Gasteiger partial charge in [-0.2, -0.15) is 0 Å². The minimum Gasteiger partial charge on any atom is -0.293 e. The molecule has 1 spiro atoms. The summed E-state index contributed by atoms with van der Waals surface area (Å²) in [5, 5.41) is 0. The molecule has 0 bridgehead atoms. The molecule has 180 valence electrons. The first-order valence-corrected chi connectivity index (χ1v) is 13.3. The smallest absolute Gasteiger partial charge is 0.133 e. The summed E-state index contributed by atoms with van der Waals surface area (Å²) in [5.41, 5.74) is 5.54. The van der Waals surface area contributed by atoms with Gasteiger partial charge in [-0.05, 0) is 94.9 Å². The van der Waals surface area contributed by atoms with Gasteiger partial charge in [-0.3, -0.25) is 9.80 Å². The van der Waals surface area contributed by atoms with Crippen LogP contribution in [0.4, 0.5) is 15.8 Å². The van der Waals surface area contributed by atoms with E-state index < -0.39 is 0 Å². The average Bonchev–Trinajstić information content (AvgIpc) is 3.05. The Labute approximate surface area is 209 Å². The Morgan fingerprint density at radius 1 is 0.882 bits per heavy atom. The van der Waals surface area contributed by atoms with E-state index in [0.29, 0.717) is 0 Å². The number of aryl methyl sites for hydroxylation is 3. The minimum absolute atomic E-state index is 0.0787. The van der Waals surface area contributed by atoms with E-state index in [-0.39, 0.29) is 17.3 Å². The van der Waals surface area contributed by atoms with E-state index in [9.17, 15) is 4.39 Å². The monoisotopic (exact) mass is 477 g/mol. The second-order valence-electron chi connectivity index (χ2n) is 10.6. The number of anilines is 1. The van der Waals surface area contributed by atoms with Crippen molar-refractivity contribution in [1.29, 1.82) is 0 Å². The van der Waals surface area contributed by atoms with Gasteiger partial charge in [0.2, 0.25) is 0 Å². The lowest BCUT2D eigenvalue weighted by Gasteiger charge is -2.44. The standard InChI is InChI=1S/C29H36FN3S/c1-20-18-21(2)25(22(3)19-20)31-27-26(32-16-8-5-9-17-32)29(14-6-4-7-15-29)28(34)33(27)24-12-10-23(30)11-13-24/h10-13,18-19,26H,4-9,14-17H2,1-3H3/t26-/m0/s1. The topological polar surface area (TPSA) is 18.8 Å². The fourth-order valence-corrected chi connectivity index (χ4v) is 7.10. The van der Waals surface area contributed by atoms with E-state index in [1.54, 1.807) is 12.1 Å². The molecule has 1 atom stereocenters. The predicted octanol–water partition coefficient (Wildman–Crippen LogP) is 7.43. The molecule has 2 aromatic rings. The van der Waals surface area contributed by atoms with Crippen molar-refractivity contribution in [2.75, 3.05) is 18.0 Å². The van der Waals surface area contributed by atoms with Crippen LogP contribution in [0.3, 0.4) is 0 Å². The second-order valence-corrected chi connectivity index (χ2v) is 10.9. The van der Waals surface area contributed by atoms with Crippen LogP contribution in [0.25, 0.3) is 0 Å². The van der Waals surface area contributed by atoms with Gasteiger partial charge < -0.3 is 0 Å². The van der Waals surface area contributed by atoms with E-state index in [4.69, 9.17) is 17.2 Å². The molecule has 2 aliphatic heterocycles. The van der Waals surface area contributed by atoms with Gasteiger partial charge in [-0.25, -0.2) is 9.38 Å². The minimum atomic E-state index is -0.225. The number of hydrogen-bond donors (Lipinski definition) is 0. The summed E-state index contributed by atoms with van der Waals surface area (Å²) in [4.78, 5) is 11.3. The molecule has 0 amide bonds. The van der Waals surface area contributed by atoms with Crippen molar-refractivity contribution in [1.82, 2.24) is 4.90 Å². The van der Waals surface area contributed by atoms with Crippen LogP contribution < -0.4 is 4.90 Å². The number of piperidine rings is 1. The van der Waals surface area contributed by atoms with Crippen molar-refractivity contribution in [2.45, 2.75) is 78.2 Å². The lowest BCUT2D eigenvalue weighted by molar-refractivity contribution is 0.113. The van der Waals surface area contributed by atoms with Crippen molar-refractivity contribution in [3.8, 4) is 0 Å². The molecule has 0 aromatic heterocycles. The summed E-state index contributed by atoms with van der Waals surface area (Å²) < 4.78 is 13.9. The van der Waals surface area contributed by atoms with E-state index in [2.05, 4.69) is 42.7 Å². The highest BCUT2D eigenvalue weighted by Crippen LogP contribution is 2.51. The number of aliphatic imine (C=N–C) groups is 1. The zero-order valence-corrected chi connectivity index (χ0v) is 21.6. The molecule has 5 heteroatoms. The van der Waals surface area contributed by atoms with Crippen LogP contribution in [0.15, 0.2) is 41.4 Å². The Kier molecular flexibility index (Phi) is 6.60. The van der Waals surface area contributed by atoms with Gasteiger partial charge in [0.1, 0.15) is 11.7 Å². The molecule has 3 aliphatic rings. The van der Waals surface area contributed by atoms with Crippen LogP contribution in [-0.2, 0) is 0 Å². The molecule has 5 rings (SSSR count). The van der Waals surface area contributed by atoms with Crippen LogP contribution in [0.5, 0.6) is 0 Å². The summed E-state index contributed by atoms with van der Waals surface area (Å²) >= 11 is 6.34. The maximum Gasteiger partial charge on any atom is 0.133 e. The third-order valence-electron chi connectivity index (χ3n) is 8.07. The zero-order valence-electron chi connectivity index (χ0n) is 20.7. The Balaban J connectivity index is 1.72. The molecule has 3 fully saturated rings. The van der Waals surface area contributed by atoms with Gasteiger partial charge in [0.15, 0.2) is 0 Å². The predicted molar refractivity (Wildman–Crippen MR) is 144 cm³/mol. The maximum atomic E-state index is 13.9. The maximum absolute atomic E-state index is 13.9. The van der Waals surface area contributed by atoms with Gasteiger partial charge >= 0.3 is 0 Å². The number of thiocarbonyl (C=S) groups is 1. The number of hydrogen-bond acceptors (Lipinski definition) is 3. The highest BCUT2D eigenvalue weighted by molar-refractivity contribution is 7.80. The molecular weight excluding hydrogens is 441 g/mol. The molecule has 2 heterocycles. The Bertz CT molecular complexity index is 1070. The molecule has 0 N–H and O–H groups in total. The fraction of sp³-hybridized carbons (Fsp3) is 0.517. The first kappa shape index (κ1) is 23.6. The number of amidine groups is 1. The summed E-state index contributed by atoms with van der Waals surface area (Å²) in [6.45, 7) is 8.64. The normalized spacial score (nSPS) is 24.4. The van der Waals surface area contributed by atoms with E-state index in [0.717, 1.165) is 48.1 Å². The van der Waals surface area contributed by atoms with Crippen molar-refractivity contribution in [3.05, 3.63) is 58.9 Å². The number of halogens is 1. The summed E-state index contributed by atoms with van der Waals surface area (Å²) in [5.74, 6) is 0.813. The lowest BCUT2D eigenvalue weighted by atomic mass is 9.69. The fourth-order valence-electron chi connectivity index (χ4n) is 6.59. The Hall–Kier alpha value is -2.11. The first-order valence-electron chi connectivity index (χ1n) is 12.9. The molecule has 1 saturated carbocycles. The third-order valence-corrected chi connectivity index (χ3v) is 8.66. The van der Waals surface area contributed by atoms with Crippen LogP contribution >= 0.6 is 12.2 Å². The highest BCUT2D eigenvalue weighted by Gasteiger charge is 2.57. The molecule has 0 radical (unpaired) electrons. The quantitative estimate of drug-likeness (QED) is 0.428. The van der Waals surface area contributed by atoms with Crippen LogP contribution in [0, 0.1) is 32.0 Å². The van der Waals surface area contributed by atoms with E-state index in [1.165, 1.54) is 55.2 Å². The van der Waals surface area contributed by atoms with Crippen LogP contribution in [0.2, 0.25) is 0 Å². The van der Waals surface area contributed by atoms with Crippen molar-refractivity contribution >= 4 is 34.4 Å². The first-order chi connectivity index (χ1) is 16.4. The zero-order chi connectivity index (χ0) is 23.9. The number of likely N-dealkylation sites (tertiary alicyclic amines) is 1. The molecule has 0 unspecified atom stereocenters. The average molecular weight is 478 g/mol. The lowest BCUT2D eigenvalue weighted by Crippen LogP contribution is -2.52. The third kappa shape index (κ3) is 4.11. The molecule has 2 aromatic carbocycles. The van der Waals surface area contributed by atoms with Crippen LogP contribution in [0.1, 0.15) is 68.1 Å². The number of rotatable bonds is 3.